The Kier molecular flexibility index (Phi) is 4.15. The van der Waals surface area contributed by atoms with Crippen molar-refractivity contribution in [1.29, 1.82) is 0 Å². The lowest BCUT2D eigenvalue weighted by Gasteiger charge is -2.26. The Morgan fingerprint density at radius 3 is 3.05 bits per heavy atom. The van der Waals surface area contributed by atoms with E-state index in [-0.39, 0.29) is 11.9 Å². The number of hydrogen-bond donors (Lipinski definition) is 1. The van der Waals surface area contributed by atoms with Crippen LogP contribution in [0.4, 0.5) is 0 Å². The Morgan fingerprint density at radius 1 is 1.29 bits per heavy atom. The number of carbonyl (C=O) groups excluding carboxylic acids is 1. The Labute approximate surface area is 124 Å². The average molecular weight is 282 g/mol. The number of hydrogen-bond acceptors (Lipinski definition) is 3. The van der Waals surface area contributed by atoms with Gasteiger partial charge in [0.25, 0.3) is 0 Å². The number of rotatable bonds is 4. The van der Waals surface area contributed by atoms with Gasteiger partial charge in [-0.05, 0) is 36.1 Å². The van der Waals surface area contributed by atoms with Crippen LogP contribution in [0.3, 0.4) is 0 Å². The molecular formula is C17H18N2O2. The predicted octanol–water partition coefficient (Wildman–Crippen LogP) is 2.13. The molecule has 0 spiro atoms. The summed E-state index contributed by atoms with van der Waals surface area (Å²) in [6.45, 7) is 0.537. The third kappa shape index (κ3) is 3.60. The maximum Gasteiger partial charge on any atom is 0.220 e. The van der Waals surface area contributed by atoms with Crippen molar-refractivity contribution < 1.29 is 9.53 Å². The van der Waals surface area contributed by atoms with Gasteiger partial charge in [-0.2, -0.15) is 0 Å². The largest absolute Gasteiger partial charge is 0.491 e. The molecule has 0 saturated carbocycles. The van der Waals surface area contributed by atoms with E-state index in [9.17, 15) is 4.79 Å². The highest BCUT2D eigenvalue weighted by Gasteiger charge is 2.20. The van der Waals surface area contributed by atoms with Crippen molar-refractivity contribution in [2.45, 2.75) is 25.3 Å². The Morgan fingerprint density at radius 2 is 2.19 bits per heavy atom. The summed E-state index contributed by atoms with van der Waals surface area (Å²) < 4.78 is 5.68. The van der Waals surface area contributed by atoms with Crippen molar-refractivity contribution in [2.24, 2.45) is 0 Å². The van der Waals surface area contributed by atoms with E-state index in [0.717, 1.165) is 23.3 Å². The van der Waals surface area contributed by atoms with Gasteiger partial charge in [-0.3, -0.25) is 9.78 Å². The third-order valence-corrected chi connectivity index (χ3v) is 3.61. The van der Waals surface area contributed by atoms with E-state index in [4.69, 9.17) is 4.74 Å². The Balaban J connectivity index is 1.50. The van der Waals surface area contributed by atoms with Crippen LogP contribution < -0.4 is 10.1 Å². The van der Waals surface area contributed by atoms with Gasteiger partial charge >= 0.3 is 0 Å². The lowest BCUT2D eigenvalue weighted by molar-refractivity contribution is -0.122. The number of amides is 1. The number of carbonyl (C=O) groups is 1. The standard InChI is InChI=1S/C17H18N2O2/c20-17(8-7-13-4-3-9-18-11-13)19-15-10-14-5-1-2-6-16(14)21-12-15/h1-6,9,11,15H,7-8,10,12H2,(H,19,20)/t15-/m1/s1. The number of para-hydroxylation sites is 1. The molecule has 3 rings (SSSR count). The highest BCUT2D eigenvalue weighted by atomic mass is 16.5. The summed E-state index contributed by atoms with van der Waals surface area (Å²) in [5.41, 5.74) is 2.24. The van der Waals surface area contributed by atoms with Crippen LogP contribution in [0.2, 0.25) is 0 Å². The molecule has 0 saturated heterocycles. The molecule has 2 heterocycles. The molecule has 2 aromatic rings. The number of aromatic nitrogens is 1. The summed E-state index contributed by atoms with van der Waals surface area (Å²) in [4.78, 5) is 16.1. The summed E-state index contributed by atoms with van der Waals surface area (Å²) in [5.74, 6) is 0.991. The zero-order valence-electron chi connectivity index (χ0n) is 11.8. The Bertz CT molecular complexity index is 613. The van der Waals surface area contributed by atoms with Gasteiger partial charge in [0.2, 0.25) is 5.91 Å². The number of pyridine rings is 1. The van der Waals surface area contributed by atoms with E-state index in [0.29, 0.717) is 19.4 Å². The van der Waals surface area contributed by atoms with Crippen LogP contribution in [0.1, 0.15) is 17.5 Å². The fraction of sp³-hybridized carbons (Fsp3) is 0.294. The van der Waals surface area contributed by atoms with E-state index in [1.807, 2.05) is 36.4 Å². The third-order valence-electron chi connectivity index (χ3n) is 3.61. The average Bonchev–Trinajstić information content (AvgIpc) is 2.54. The van der Waals surface area contributed by atoms with E-state index < -0.39 is 0 Å². The molecular weight excluding hydrogens is 264 g/mol. The van der Waals surface area contributed by atoms with Gasteiger partial charge in [0.15, 0.2) is 0 Å². The van der Waals surface area contributed by atoms with Crippen molar-refractivity contribution in [3.8, 4) is 5.75 Å². The van der Waals surface area contributed by atoms with Crippen molar-refractivity contribution in [3.05, 3.63) is 59.9 Å². The number of benzene rings is 1. The van der Waals surface area contributed by atoms with E-state index in [1.54, 1.807) is 12.4 Å². The first-order valence-corrected chi connectivity index (χ1v) is 7.20. The maximum absolute atomic E-state index is 12.0. The molecule has 0 unspecified atom stereocenters. The molecule has 1 aliphatic heterocycles. The first-order chi connectivity index (χ1) is 10.3. The van der Waals surface area contributed by atoms with E-state index >= 15 is 0 Å². The minimum Gasteiger partial charge on any atom is -0.491 e. The zero-order chi connectivity index (χ0) is 14.5. The van der Waals surface area contributed by atoms with Crippen molar-refractivity contribution in [2.75, 3.05) is 6.61 Å². The van der Waals surface area contributed by atoms with Gasteiger partial charge in [-0.25, -0.2) is 0 Å². The van der Waals surface area contributed by atoms with Crippen LogP contribution >= 0.6 is 0 Å². The van der Waals surface area contributed by atoms with Gasteiger partial charge in [0, 0.05) is 18.8 Å². The van der Waals surface area contributed by atoms with Gasteiger partial charge in [0.05, 0.1) is 6.04 Å². The van der Waals surface area contributed by atoms with Crippen LogP contribution in [-0.2, 0) is 17.6 Å². The minimum atomic E-state index is 0.0568. The number of nitrogens with one attached hydrogen (secondary N) is 1. The normalized spacial score (nSPS) is 16.7. The molecule has 1 atom stereocenters. The summed E-state index contributed by atoms with van der Waals surface area (Å²) in [6, 6.07) is 11.9. The van der Waals surface area contributed by atoms with Gasteiger partial charge < -0.3 is 10.1 Å². The van der Waals surface area contributed by atoms with E-state index in [2.05, 4.69) is 10.3 Å². The SMILES string of the molecule is O=C(CCc1cccnc1)N[C@H]1COc2ccccc2C1. The minimum absolute atomic E-state index is 0.0568. The molecule has 1 aliphatic rings. The molecule has 0 bridgehead atoms. The summed E-state index contributed by atoms with van der Waals surface area (Å²) >= 11 is 0. The van der Waals surface area contributed by atoms with Gasteiger partial charge in [-0.1, -0.05) is 24.3 Å². The molecule has 0 fully saturated rings. The molecule has 21 heavy (non-hydrogen) atoms. The fourth-order valence-corrected chi connectivity index (χ4v) is 2.52. The van der Waals surface area contributed by atoms with Crippen molar-refractivity contribution in [1.82, 2.24) is 10.3 Å². The second-order valence-electron chi connectivity index (χ2n) is 5.25. The zero-order valence-corrected chi connectivity index (χ0v) is 11.8. The Hall–Kier alpha value is -2.36. The molecule has 0 radical (unpaired) electrons. The summed E-state index contributed by atoms with van der Waals surface area (Å²) in [6.07, 6.45) is 5.55. The number of nitrogens with zero attached hydrogens (tertiary/aromatic N) is 1. The fourth-order valence-electron chi connectivity index (χ4n) is 2.52. The molecule has 1 N–H and O–H groups in total. The topological polar surface area (TPSA) is 51.2 Å². The highest BCUT2D eigenvalue weighted by molar-refractivity contribution is 5.76. The summed E-state index contributed by atoms with van der Waals surface area (Å²) in [5, 5.41) is 3.05. The molecule has 108 valence electrons. The number of fused-ring (bicyclic) bond motifs is 1. The van der Waals surface area contributed by atoms with Crippen LogP contribution in [0.5, 0.6) is 5.75 Å². The smallest absolute Gasteiger partial charge is 0.220 e. The monoisotopic (exact) mass is 282 g/mol. The first-order valence-electron chi connectivity index (χ1n) is 7.20. The highest BCUT2D eigenvalue weighted by Crippen LogP contribution is 2.23. The second-order valence-corrected chi connectivity index (χ2v) is 5.25. The molecule has 4 nitrogen and oxygen atoms in total. The number of ether oxygens (including phenoxy) is 1. The molecule has 1 aromatic carbocycles. The molecule has 0 aliphatic carbocycles. The summed E-state index contributed by atoms with van der Waals surface area (Å²) in [7, 11) is 0. The van der Waals surface area contributed by atoms with Crippen LogP contribution in [0.25, 0.3) is 0 Å². The van der Waals surface area contributed by atoms with Gasteiger partial charge in [0.1, 0.15) is 12.4 Å². The lowest BCUT2D eigenvalue weighted by Crippen LogP contribution is -2.42. The molecule has 1 amide bonds. The van der Waals surface area contributed by atoms with Crippen molar-refractivity contribution >= 4 is 5.91 Å². The van der Waals surface area contributed by atoms with E-state index in [1.165, 1.54) is 0 Å². The predicted molar refractivity (Wildman–Crippen MR) is 80.1 cm³/mol. The quantitative estimate of drug-likeness (QED) is 0.934. The van der Waals surface area contributed by atoms with Crippen LogP contribution in [-0.4, -0.2) is 23.5 Å². The van der Waals surface area contributed by atoms with Crippen LogP contribution in [0.15, 0.2) is 48.8 Å². The molecule has 1 aromatic heterocycles. The van der Waals surface area contributed by atoms with Crippen LogP contribution in [0, 0.1) is 0 Å². The second kappa shape index (κ2) is 6.39. The molecule has 4 heteroatoms. The van der Waals surface area contributed by atoms with Gasteiger partial charge in [-0.15, -0.1) is 0 Å². The van der Waals surface area contributed by atoms with Crippen molar-refractivity contribution in [3.63, 3.8) is 0 Å². The number of aryl methyl sites for hydroxylation is 1. The first kappa shape index (κ1) is 13.6. The lowest BCUT2D eigenvalue weighted by atomic mass is 10.0. The maximum atomic E-state index is 12.0.